The molecule has 0 aromatic rings. The zero-order valence-electron chi connectivity index (χ0n) is 6.57. The number of carbonyl (C=O) groups is 1. The van der Waals surface area contributed by atoms with E-state index in [0.717, 1.165) is 13.0 Å². The van der Waals surface area contributed by atoms with Gasteiger partial charge in [-0.3, -0.25) is 0 Å². The number of aliphatic carboxylic acids is 1. The number of rotatable bonds is 1. The predicted octanol–water partition coefficient (Wildman–Crippen LogP) is 0.951. The Morgan fingerprint density at radius 1 is 1.54 bits per heavy atom. The van der Waals surface area contributed by atoms with Crippen molar-refractivity contribution in [3.05, 3.63) is 0 Å². The molecule has 3 nitrogen and oxygen atoms in total. The lowest BCUT2D eigenvalue weighted by atomic mass is 10.1. The Morgan fingerprint density at radius 3 is 1.92 bits per heavy atom. The van der Waals surface area contributed by atoms with Crippen molar-refractivity contribution in [3.63, 3.8) is 0 Å². The fraction of sp³-hybridized carbons (Fsp3) is 0.833. The lowest BCUT2D eigenvalue weighted by Gasteiger charge is -2.23. The number of carboxylic acids is 1. The van der Waals surface area contributed by atoms with Crippen LogP contribution < -0.4 is 5.32 Å². The van der Waals surface area contributed by atoms with Gasteiger partial charge in [0.2, 0.25) is 0 Å². The summed E-state index contributed by atoms with van der Waals surface area (Å²) in [6.07, 6.45) is -4.06. The highest BCUT2D eigenvalue weighted by Gasteiger charge is 2.38. The fourth-order valence-corrected chi connectivity index (χ4v) is 0.480. The van der Waals surface area contributed by atoms with Crippen molar-refractivity contribution >= 4 is 5.97 Å². The van der Waals surface area contributed by atoms with Crippen LogP contribution in [0, 0.1) is 0 Å². The smallest absolute Gasteiger partial charge is 0.475 e. The van der Waals surface area contributed by atoms with Crippen LogP contribution in [0.1, 0.15) is 6.42 Å². The summed E-state index contributed by atoms with van der Waals surface area (Å²) in [6.45, 7) is 0.814. The van der Waals surface area contributed by atoms with Crippen LogP contribution in [0.15, 0.2) is 0 Å². The summed E-state index contributed by atoms with van der Waals surface area (Å²) in [6, 6.07) is 0.199. The van der Waals surface area contributed by atoms with E-state index in [4.69, 9.17) is 9.90 Å². The van der Waals surface area contributed by atoms with Gasteiger partial charge in [-0.05, 0) is 13.0 Å². The molecule has 0 aromatic carbocycles. The molecule has 1 saturated heterocycles. The Kier molecular flexibility index (Phi) is 4.68. The molecule has 1 aliphatic rings. The molecule has 0 amide bonds. The summed E-state index contributed by atoms with van der Waals surface area (Å²) in [5.74, 6) is -2.76. The number of nitrogens with one attached hydrogen (secondary N) is 1. The second-order valence-electron chi connectivity index (χ2n) is 2.40. The van der Waals surface area contributed by atoms with Crippen LogP contribution in [0.2, 0.25) is 0 Å². The van der Waals surface area contributed by atoms with Crippen LogP contribution >= 0.6 is 0 Å². The maximum atomic E-state index is 11.4. The highest BCUT2D eigenvalue weighted by atomic mass is 19.4. The summed E-state index contributed by atoms with van der Waals surface area (Å²) >= 11 is 0. The fourth-order valence-electron chi connectivity index (χ4n) is 0.480. The Bertz CT molecular complexity index is 164. The van der Waals surface area contributed by atoms with Crippen LogP contribution in [-0.2, 0) is 4.79 Å². The van der Waals surface area contributed by atoms with Crippen LogP contribution in [0.3, 0.4) is 0 Å². The third kappa shape index (κ3) is 5.40. The van der Waals surface area contributed by atoms with E-state index < -0.39 is 12.1 Å². The first-order chi connectivity index (χ1) is 5.88. The molecule has 0 radical (unpaired) electrons. The average molecular weight is 203 g/mol. The SMILES string of the molecule is FCC1CCN1.O=C(O)C(F)(F)F. The molecular formula is C6H9F4NO2. The molecule has 1 fully saturated rings. The predicted molar refractivity (Wildman–Crippen MR) is 36.1 cm³/mol. The normalized spacial score (nSPS) is 21.1. The van der Waals surface area contributed by atoms with Crippen molar-refractivity contribution in [2.75, 3.05) is 13.2 Å². The first-order valence-electron chi connectivity index (χ1n) is 3.47. The van der Waals surface area contributed by atoms with Crippen molar-refractivity contribution in [1.29, 1.82) is 0 Å². The molecule has 1 atom stereocenters. The minimum atomic E-state index is -5.08. The zero-order valence-corrected chi connectivity index (χ0v) is 6.57. The molecule has 1 unspecified atom stereocenters. The van der Waals surface area contributed by atoms with Crippen molar-refractivity contribution in [2.24, 2.45) is 0 Å². The van der Waals surface area contributed by atoms with E-state index in [1.54, 1.807) is 0 Å². The first kappa shape index (κ1) is 12.2. The molecule has 0 aliphatic carbocycles. The second kappa shape index (κ2) is 5.00. The third-order valence-electron chi connectivity index (χ3n) is 1.35. The van der Waals surface area contributed by atoms with Gasteiger partial charge in [0.05, 0.1) is 0 Å². The van der Waals surface area contributed by atoms with Crippen molar-refractivity contribution in [1.82, 2.24) is 5.32 Å². The Hall–Kier alpha value is -0.850. The molecule has 7 heteroatoms. The Balaban J connectivity index is 0.000000223. The maximum Gasteiger partial charge on any atom is 0.490 e. The number of carboxylic acid groups (broad SMARTS) is 1. The van der Waals surface area contributed by atoms with Gasteiger partial charge < -0.3 is 10.4 Å². The number of hydrogen-bond donors (Lipinski definition) is 2. The molecule has 0 saturated carbocycles. The van der Waals surface area contributed by atoms with Crippen molar-refractivity contribution < 1.29 is 27.5 Å². The Morgan fingerprint density at radius 2 is 1.92 bits per heavy atom. The molecule has 1 rings (SSSR count). The van der Waals surface area contributed by atoms with Gasteiger partial charge in [0, 0.05) is 6.04 Å². The van der Waals surface area contributed by atoms with Crippen LogP contribution in [0.5, 0.6) is 0 Å². The monoisotopic (exact) mass is 203 g/mol. The molecule has 2 N–H and O–H groups in total. The highest BCUT2D eigenvalue weighted by molar-refractivity contribution is 5.73. The zero-order chi connectivity index (χ0) is 10.5. The van der Waals surface area contributed by atoms with Crippen LogP contribution in [0.25, 0.3) is 0 Å². The summed E-state index contributed by atoms with van der Waals surface area (Å²) in [7, 11) is 0. The molecule has 0 aromatic heterocycles. The minimum Gasteiger partial charge on any atom is -0.475 e. The van der Waals surface area contributed by atoms with Gasteiger partial charge in [0.1, 0.15) is 6.67 Å². The van der Waals surface area contributed by atoms with E-state index in [1.165, 1.54) is 0 Å². The molecule has 1 aliphatic heterocycles. The molecular weight excluding hydrogens is 194 g/mol. The first-order valence-corrected chi connectivity index (χ1v) is 3.47. The summed E-state index contributed by atoms with van der Waals surface area (Å²) in [4.78, 5) is 8.90. The second-order valence-corrected chi connectivity index (χ2v) is 2.40. The number of halogens is 4. The number of alkyl halides is 4. The van der Waals surface area contributed by atoms with Gasteiger partial charge in [-0.1, -0.05) is 0 Å². The largest absolute Gasteiger partial charge is 0.490 e. The Labute approximate surface area is 71.7 Å². The molecule has 0 bridgehead atoms. The quantitative estimate of drug-likeness (QED) is 0.624. The van der Waals surface area contributed by atoms with Crippen molar-refractivity contribution in [3.8, 4) is 0 Å². The lowest BCUT2D eigenvalue weighted by Crippen LogP contribution is -2.44. The van der Waals surface area contributed by atoms with Crippen LogP contribution in [-0.4, -0.2) is 36.5 Å². The van der Waals surface area contributed by atoms with E-state index in [-0.39, 0.29) is 12.7 Å². The average Bonchev–Trinajstić information content (AvgIpc) is 1.83. The summed E-state index contributed by atoms with van der Waals surface area (Å²) in [5.41, 5.74) is 0. The van der Waals surface area contributed by atoms with Gasteiger partial charge in [-0.25, -0.2) is 9.18 Å². The minimum absolute atomic E-state index is 0.194. The van der Waals surface area contributed by atoms with Gasteiger partial charge in [0.15, 0.2) is 0 Å². The highest BCUT2D eigenvalue weighted by Crippen LogP contribution is 2.13. The third-order valence-corrected chi connectivity index (χ3v) is 1.35. The maximum absolute atomic E-state index is 11.4. The van der Waals surface area contributed by atoms with Gasteiger partial charge in [-0.2, -0.15) is 13.2 Å². The molecule has 0 spiro atoms. The topological polar surface area (TPSA) is 49.3 Å². The van der Waals surface area contributed by atoms with E-state index in [9.17, 15) is 17.6 Å². The van der Waals surface area contributed by atoms with E-state index in [0.29, 0.717) is 0 Å². The number of hydrogen-bond acceptors (Lipinski definition) is 2. The van der Waals surface area contributed by atoms with Gasteiger partial charge >= 0.3 is 12.1 Å². The molecule has 13 heavy (non-hydrogen) atoms. The summed E-state index contributed by atoms with van der Waals surface area (Å²) < 4.78 is 43.1. The van der Waals surface area contributed by atoms with Gasteiger partial charge in [0.25, 0.3) is 0 Å². The van der Waals surface area contributed by atoms with Gasteiger partial charge in [-0.15, -0.1) is 0 Å². The molecule has 78 valence electrons. The lowest BCUT2D eigenvalue weighted by molar-refractivity contribution is -0.192. The van der Waals surface area contributed by atoms with E-state index in [2.05, 4.69) is 5.32 Å². The van der Waals surface area contributed by atoms with E-state index >= 15 is 0 Å². The van der Waals surface area contributed by atoms with E-state index in [1.807, 2.05) is 0 Å². The van der Waals surface area contributed by atoms with Crippen molar-refractivity contribution in [2.45, 2.75) is 18.6 Å². The standard InChI is InChI=1S/C4H8FN.C2HF3O2/c5-3-4-1-2-6-4;3-2(4,5)1(6)7/h4,6H,1-3H2;(H,6,7). The molecule has 1 heterocycles. The van der Waals surface area contributed by atoms with Crippen LogP contribution in [0.4, 0.5) is 17.6 Å². The summed E-state index contributed by atoms with van der Waals surface area (Å²) in [5, 5.41) is 10.0.